The highest BCUT2D eigenvalue weighted by atomic mass is 32.2. The number of rotatable bonds is 5. The Hall–Kier alpha value is -3.00. The highest BCUT2D eigenvalue weighted by Crippen LogP contribution is 2.42. The van der Waals surface area contributed by atoms with Gasteiger partial charge in [0.05, 0.1) is 28.4 Å². The number of fused-ring (bicyclic) bond motifs is 1. The van der Waals surface area contributed by atoms with Crippen LogP contribution in [0.1, 0.15) is 33.3 Å². The third kappa shape index (κ3) is 3.87. The van der Waals surface area contributed by atoms with E-state index in [1.165, 1.54) is 12.1 Å². The van der Waals surface area contributed by atoms with Gasteiger partial charge in [-0.05, 0) is 53.7 Å². The molecule has 156 valence electrons. The summed E-state index contributed by atoms with van der Waals surface area (Å²) < 4.78 is 15.0. The van der Waals surface area contributed by atoms with Crippen LogP contribution in [0.15, 0.2) is 48.7 Å². The molecule has 0 saturated heterocycles. The fourth-order valence-corrected chi connectivity index (χ4v) is 3.47. The molecule has 1 aromatic heterocycles. The first-order valence-corrected chi connectivity index (χ1v) is 10.3. The Bertz CT molecular complexity index is 1120. The normalized spacial score (nSPS) is 12.0. The Balaban J connectivity index is 1.95. The number of carbonyl (C=O) groups is 1. The third-order valence-corrected chi connectivity index (χ3v) is 6.35. The number of aromatic nitrogens is 2. The van der Waals surface area contributed by atoms with Gasteiger partial charge >= 0.3 is 0 Å². The molecule has 0 aliphatic heterocycles. The maximum atomic E-state index is 13.2. The van der Waals surface area contributed by atoms with E-state index in [0.717, 1.165) is 39.5 Å². The zero-order valence-corrected chi connectivity index (χ0v) is 18.1. The van der Waals surface area contributed by atoms with E-state index in [1.54, 1.807) is 23.0 Å². The first-order chi connectivity index (χ1) is 14.1. The number of benzene rings is 2. The molecular formula is C22H24FN5OS. The maximum Gasteiger partial charge on any atom is 0.232 e. The fraction of sp³-hybridized carbons (Fsp3) is 0.273. The van der Waals surface area contributed by atoms with E-state index in [0.29, 0.717) is 0 Å². The predicted octanol–water partition coefficient (Wildman–Crippen LogP) is 4.86. The standard InChI is InChI=1S/C22H24FN5OS/c1-21(2,22(3,4)19(29)27-20(25)30-13-24)15-5-10-18-14(11-15)12-26-28(18)17-8-6-16(23)7-9-17/h5-13,24H,1-4H3,(H2,25,27,29). The smallest absolute Gasteiger partial charge is 0.232 e. The minimum Gasteiger partial charge on any atom is -0.305 e. The molecule has 0 saturated carbocycles. The minimum absolute atomic E-state index is 0.0742. The monoisotopic (exact) mass is 425 g/mol. The number of nitrogens with zero attached hydrogens (tertiary/aromatic N) is 2. The quantitative estimate of drug-likeness (QED) is 0.402. The number of hydrogen-bond donors (Lipinski definition) is 3. The van der Waals surface area contributed by atoms with Crippen LogP contribution in [0.25, 0.3) is 16.6 Å². The van der Waals surface area contributed by atoms with Gasteiger partial charge in [0.1, 0.15) is 5.82 Å². The average molecular weight is 426 g/mol. The molecule has 1 amide bonds. The van der Waals surface area contributed by atoms with E-state index in [-0.39, 0.29) is 16.9 Å². The lowest BCUT2D eigenvalue weighted by atomic mass is 9.63. The molecule has 0 bridgehead atoms. The Morgan fingerprint density at radius 3 is 2.47 bits per heavy atom. The van der Waals surface area contributed by atoms with Crippen molar-refractivity contribution in [1.29, 1.82) is 10.8 Å². The number of amidine groups is 1. The summed E-state index contributed by atoms with van der Waals surface area (Å²) in [5.41, 5.74) is 2.22. The molecule has 8 heteroatoms. The van der Waals surface area contributed by atoms with Gasteiger partial charge < -0.3 is 10.7 Å². The maximum absolute atomic E-state index is 13.2. The van der Waals surface area contributed by atoms with Crippen molar-refractivity contribution in [3.05, 3.63) is 60.0 Å². The van der Waals surface area contributed by atoms with Crippen LogP contribution in [0, 0.1) is 22.1 Å². The Morgan fingerprint density at radius 1 is 1.17 bits per heavy atom. The second-order valence-corrected chi connectivity index (χ2v) is 8.95. The average Bonchev–Trinajstić information content (AvgIpc) is 3.11. The van der Waals surface area contributed by atoms with E-state index in [9.17, 15) is 9.18 Å². The summed E-state index contributed by atoms with van der Waals surface area (Å²) in [5, 5.41) is 22.7. The van der Waals surface area contributed by atoms with Crippen LogP contribution in [0.4, 0.5) is 4.39 Å². The van der Waals surface area contributed by atoms with Gasteiger partial charge in [-0.15, -0.1) is 0 Å². The summed E-state index contributed by atoms with van der Waals surface area (Å²) in [6.45, 7) is 7.67. The van der Waals surface area contributed by atoms with Crippen molar-refractivity contribution >= 4 is 39.3 Å². The molecule has 0 spiro atoms. The van der Waals surface area contributed by atoms with Gasteiger partial charge in [-0.25, -0.2) is 9.07 Å². The predicted molar refractivity (Wildman–Crippen MR) is 120 cm³/mol. The summed E-state index contributed by atoms with van der Waals surface area (Å²) in [6.07, 6.45) is 1.75. The van der Waals surface area contributed by atoms with Crippen molar-refractivity contribution in [2.75, 3.05) is 0 Å². The lowest BCUT2D eigenvalue weighted by molar-refractivity contribution is -0.131. The van der Waals surface area contributed by atoms with Crippen molar-refractivity contribution in [1.82, 2.24) is 15.1 Å². The van der Waals surface area contributed by atoms with Crippen molar-refractivity contribution in [3.63, 3.8) is 0 Å². The fourth-order valence-electron chi connectivity index (χ4n) is 3.20. The van der Waals surface area contributed by atoms with Gasteiger partial charge in [0, 0.05) is 10.8 Å². The van der Waals surface area contributed by atoms with Crippen LogP contribution in [-0.4, -0.2) is 26.4 Å². The van der Waals surface area contributed by atoms with E-state index in [1.807, 2.05) is 45.9 Å². The van der Waals surface area contributed by atoms with Gasteiger partial charge in [0.25, 0.3) is 0 Å². The van der Waals surface area contributed by atoms with Crippen molar-refractivity contribution in [2.24, 2.45) is 5.41 Å². The number of halogens is 1. The second-order valence-electron chi connectivity index (χ2n) is 8.08. The molecule has 0 radical (unpaired) electrons. The summed E-state index contributed by atoms with van der Waals surface area (Å²) in [6, 6.07) is 12.1. The number of carbonyl (C=O) groups excluding carboxylic acids is 1. The van der Waals surface area contributed by atoms with Crippen LogP contribution in [0.2, 0.25) is 0 Å². The Kier molecular flexibility index (Phi) is 5.81. The zero-order chi connectivity index (χ0) is 22.1. The summed E-state index contributed by atoms with van der Waals surface area (Å²) >= 11 is 0.844. The number of amides is 1. The molecule has 1 heterocycles. The lowest BCUT2D eigenvalue weighted by Gasteiger charge is -2.40. The number of hydrogen-bond acceptors (Lipinski definition) is 5. The highest BCUT2D eigenvalue weighted by Gasteiger charge is 2.44. The van der Waals surface area contributed by atoms with Gasteiger partial charge in [-0.1, -0.05) is 33.8 Å². The molecule has 6 nitrogen and oxygen atoms in total. The van der Waals surface area contributed by atoms with Crippen molar-refractivity contribution in [2.45, 2.75) is 33.1 Å². The second kappa shape index (κ2) is 8.02. The summed E-state index contributed by atoms with van der Waals surface area (Å²) in [7, 11) is 0. The topological polar surface area (TPSA) is 94.6 Å². The van der Waals surface area contributed by atoms with Gasteiger partial charge in [0.15, 0.2) is 5.17 Å². The Labute approximate surface area is 178 Å². The molecule has 3 aromatic rings. The lowest BCUT2D eigenvalue weighted by Crippen LogP contribution is -2.49. The van der Waals surface area contributed by atoms with Gasteiger partial charge in [-0.2, -0.15) is 5.10 Å². The van der Waals surface area contributed by atoms with Crippen LogP contribution < -0.4 is 5.32 Å². The van der Waals surface area contributed by atoms with Crippen molar-refractivity contribution in [3.8, 4) is 5.69 Å². The number of thioether (sulfide) groups is 1. The van der Waals surface area contributed by atoms with Crippen molar-refractivity contribution < 1.29 is 9.18 Å². The molecule has 3 rings (SSSR count). The third-order valence-electron chi connectivity index (χ3n) is 5.89. The SMILES string of the molecule is CC(C)(C(=O)NC(=N)SC=N)C(C)(C)c1ccc2c(cnn2-c2ccc(F)cc2)c1. The van der Waals surface area contributed by atoms with Crippen LogP contribution >= 0.6 is 11.8 Å². The molecule has 0 atom stereocenters. The van der Waals surface area contributed by atoms with Crippen LogP contribution in [0.3, 0.4) is 0 Å². The largest absolute Gasteiger partial charge is 0.305 e. The van der Waals surface area contributed by atoms with Crippen LogP contribution in [-0.2, 0) is 10.2 Å². The number of nitrogens with one attached hydrogen (secondary N) is 3. The van der Waals surface area contributed by atoms with Crippen LogP contribution in [0.5, 0.6) is 0 Å². The molecule has 0 aliphatic carbocycles. The minimum atomic E-state index is -0.831. The molecule has 3 N–H and O–H groups in total. The summed E-state index contributed by atoms with van der Waals surface area (Å²) in [4.78, 5) is 12.9. The first kappa shape index (κ1) is 21.7. The summed E-state index contributed by atoms with van der Waals surface area (Å²) in [5.74, 6) is -0.583. The highest BCUT2D eigenvalue weighted by molar-refractivity contribution is 8.24. The molecule has 2 aromatic carbocycles. The van der Waals surface area contributed by atoms with E-state index in [2.05, 4.69) is 10.4 Å². The zero-order valence-electron chi connectivity index (χ0n) is 17.3. The van der Waals surface area contributed by atoms with E-state index in [4.69, 9.17) is 10.8 Å². The Morgan fingerprint density at radius 2 is 1.83 bits per heavy atom. The molecule has 30 heavy (non-hydrogen) atoms. The molecule has 0 unspecified atom stereocenters. The van der Waals surface area contributed by atoms with Gasteiger partial charge in [-0.3, -0.25) is 10.2 Å². The first-order valence-electron chi connectivity index (χ1n) is 9.38. The van der Waals surface area contributed by atoms with E-state index < -0.39 is 10.8 Å². The van der Waals surface area contributed by atoms with E-state index >= 15 is 0 Å². The molecule has 0 aliphatic rings. The molecule has 0 fully saturated rings. The van der Waals surface area contributed by atoms with Gasteiger partial charge in [0.2, 0.25) is 5.91 Å². The molecular weight excluding hydrogens is 401 g/mol.